The first-order chi connectivity index (χ1) is 6.54. The molecule has 4 nitrogen and oxygen atoms in total. The Morgan fingerprint density at radius 3 is 2.36 bits per heavy atom. The molecule has 0 saturated carbocycles. The van der Waals surface area contributed by atoms with E-state index in [-0.39, 0.29) is 25.8 Å². The van der Waals surface area contributed by atoms with Gasteiger partial charge in [-0.3, -0.25) is 4.79 Å². The molecule has 0 aliphatic rings. The van der Waals surface area contributed by atoms with Crippen LogP contribution in [-0.2, 0) is 9.53 Å². The summed E-state index contributed by atoms with van der Waals surface area (Å²) in [4.78, 5) is 11.4. The molecule has 0 atom stereocenters. The van der Waals surface area contributed by atoms with Crippen LogP contribution < -0.4 is 0 Å². The Morgan fingerprint density at radius 2 is 1.86 bits per heavy atom. The molecular formula is C10H20O4. The van der Waals surface area contributed by atoms with Crippen molar-refractivity contribution in [1.29, 1.82) is 0 Å². The van der Waals surface area contributed by atoms with E-state index in [0.717, 1.165) is 6.42 Å². The van der Waals surface area contributed by atoms with Crippen LogP contribution in [0.1, 0.15) is 33.1 Å². The molecule has 14 heavy (non-hydrogen) atoms. The molecule has 0 aliphatic carbocycles. The molecule has 0 rings (SSSR count). The van der Waals surface area contributed by atoms with Crippen molar-refractivity contribution < 1.29 is 19.7 Å². The van der Waals surface area contributed by atoms with Crippen LogP contribution in [0.2, 0.25) is 0 Å². The van der Waals surface area contributed by atoms with Gasteiger partial charge in [0.1, 0.15) is 6.61 Å². The maximum absolute atomic E-state index is 11.4. The van der Waals surface area contributed by atoms with Crippen molar-refractivity contribution in [2.75, 3.05) is 19.8 Å². The number of unbranched alkanes of at least 4 members (excludes halogenated alkanes) is 1. The number of aliphatic hydroxyl groups is 2. The van der Waals surface area contributed by atoms with Crippen LogP contribution >= 0.6 is 0 Å². The molecule has 0 aromatic carbocycles. The van der Waals surface area contributed by atoms with Crippen LogP contribution in [0.5, 0.6) is 0 Å². The van der Waals surface area contributed by atoms with Crippen LogP contribution in [0.15, 0.2) is 0 Å². The van der Waals surface area contributed by atoms with E-state index in [1.54, 1.807) is 0 Å². The number of carbonyl (C=O) groups excluding carboxylic acids is 1. The van der Waals surface area contributed by atoms with E-state index < -0.39 is 5.41 Å². The van der Waals surface area contributed by atoms with Gasteiger partial charge in [-0.1, -0.05) is 6.42 Å². The standard InChI is InChI=1S/C10H20O4/c1-10(2,5-3-4-6-11)9(13)14-8-7-12/h11-12H,3-8H2,1-2H3. The summed E-state index contributed by atoms with van der Waals surface area (Å²) in [5.41, 5.74) is -0.523. The lowest BCUT2D eigenvalue weighted by atomic mass is 9.87. The van der Waals surface area contributed by atoms with E-state index in [0.29, 0.717) is 12.8 Å². The van der Waals surface area contributed by atoms with Crippen LogP contribution in [0.4, 0.5) is 0 Å². The Morgan fingerprint density at radius 1 is 1.21 bits per heavy atom. The fourth-order valence-corrected chi connectivity index (χ4v) is 1.11. The molecular weight excluding hydrogens is 184 g/mol. The van der Waals surface area contributed by atoms with Crippen molar-refractivity contribution in [2.45, 2.75) is 33.1 Å². The van der Waals surface area contributed by atoms with Gasteiger partial charge in [-0.15, -0.1) is 0 Å². The SMILES string of the molecule is CC(C)(CCCCO)C(=O)OCCO. The number of rotatable bonds is 7. The van der Waals surface area contributed by atoms with Gasteiger partial charge in [-0.25, -0.2) is 0 Å². The summed E-state index contributed by atoms with van der Waals surface area (Å²) < 4.78 is 4.84. The van der Waals surface area contributed by atoms with Gasteiger partial charge in [0.2, 0.25) is 0 Å². The third-order valence-electron chi connectivity index (χ3n) is 2.09. The van der Waals surface area contributed by atoms with Crippen molar-refractivity contribution in [1.82, 2.24) is 0 Å². The molecule has 0 spiro atoms. The normalized spacial score (nSPS) is 11.4. The van der Waals surface area contributed by atoms with E-state index in [1.165, 1.54) is 0 Å². The van der Waals surface area contributed by atoms with Crippen molar-refractivity contribution in [3.63, 3.8) is 0 Å². The molecule has 0 aliphatic heterocycles. The molecule has 0 radical (unpaired) electrons. The fourth-order valence-electron chi connectivity index (χ4n) is 1.11. The number of aliphatic hydroxyl groups excluding tert-OH is 2. The Hall–Kier alpha value is -0.610. The van der Waals surface area contributed by atoms with Crippen LogP contribution in [-0.4, -0.2) is 36.0 Å². The predicted molar refractivity (Wildman–Crippen MR) is 52.8 cm³/mol. The summed E-state index contributed by atoms with van der Waals surface area (Å²) in [6, 6.07) is 0. The lowest BCUT2D eigenvalue weighted by Crippen LogP contribution is -2.27. The third kappa shape index (κ3) is 5.19. The summed E-state index contributed by atoms with van der Waals surface area (Å²) in [6.07, 6.45) is 2.20. The van der Waals surface area contributed by atoms with Gasteiger partial charge >= 0.3 is 5.97 Å². The molecule has 0 unspecified atom stereocenters. The van der Waals surface area contributed by atoms with Gasteiger partial charge in [0.05, 0.1) is 12.0 Å². The van der Waals surface area contributed by atoms with Crippen molar-refractivity contribution in [2.24, 2.45) is 5.41 Å². The topological polar surface area (TPSA) is 66.8 Å². The van der Waals surface area contributed by atoms with Crippen molar-refractivity contribution >= 4 is 5.97 Å². The first-order valence-corrected chi connectivity index (χ1v) is 4.93. The maximum atomic E-state index is 11.4. The molecule has 0 amide bonds. The Balaban J connectivity index is 3.83. The Kier molecular flexibility index (Phi) is 6.49. The molecule has 84 valence electrons. The zero-order chi connectivity index (χ0) is 11.0. The highest BCUT2D eigenvalue weighted by atomic mass is 16.5. The number of esters is 1. The number of ether oxygens (including phenoxy) is 1. The third-order valence-corrected chi connectivity index (χ3v) is 2.09. The minimum Gasteiger partial charge on any atom is -0.463 e. The van der Waals surface area contributed by atoms with Crippen LogP contribution in [0.25, 0.3) is 0 Å². The predicted octanol–water partition coefficient (Wildman–Crippen LogP) is 0.711. The zero-order valence-corrected chi connectivity index (χ0v) is 8.95. The fraction of sp³-hybridized carbons (Fsp3) is 0.900. The highest BCUT2D eigenvalue weighted by Crippen LogP contribution is 2.24. The van der Waals surface area contributed by atoms with E-state index in [4.69, 9.17) is 14.9 Å². The van der Waals surface area contributed by atoms with Gasteiger partial charge in [-0.2, -0.15) is 0 Å². The number of hydrogen-bond donors (Lipinski definition) is 2. The van der Waals surface area contributed by atoms with E-state index in [2.05, 4.69) is 0 Å². The largest absolute Gasteiger partial charge is 0.463 e. The molecule has 0 saturated heterocycles. The van der Waals surface area contributed by atoms with Gasteiger partial charge < -0.3 is 14.9 Å². The second kappa shape index (κ2) is 6.79. The molecule has 0 bridgehead atoms. The van der Waals surface area contributed by atoms with Gasteiger partial charge in [0.15, 0.2) is 0 Å². The Bertz CT molecular complexity index is 166. The van der Waals surface area contributed by atoms with Crippen LogP contribution in [0, 0.1) is 5.41 Å². The summed E-state index contributed by atoms with van der Waals surface area (Å²) in [6.45, 7) is 3.69. The lowest BCUT2D eigenvalue weighted by Gasteiger charge is -2.21. The van der Waals surface area contributed by atoms with Crippen molar-refractivity contribution in [3.8, 4) is 0 Å². The van der Waals surface area contributed by atoms with Gasteiger partial charge in [-0.05, 0) is 26.7 Å². The minimum absolute atomic E-state index is 0.0578. The second-order valence-electron chi connectivity index (χ2n) is 3.92. The highest BCUT2D eigenvalue weighted by molar-refractivity contribution is 5.75. The summed E-state index contributed by atoms with van der Waals surface area (Å²) in [7, 11) is 0. The molecule has 0 aromatic rings. The van der Waals surface area contributed by atoms with Crippen LogP contribution in [0.3, 0.4) is 0 Å². The summed E-state index contributed by atoms with van der Waals surface area (Å²) >= 11 is 0. The van der Waals surface area contributed by atoms with E-state index >= 15 is 0 Å². The summed E-state index contributed by atoms with van der Waals surface area (Å²) in [5.74, 6) is -0.288. The number of carbonyl (C=O) groups is 1. The smallest absolute Gasteiger partial charge is 0.311 e. The molecule has 2 N–H and O–H groups in total. The van der Waals surface area contributed by atoms with Gasteiger partial charge in [0, 0.05) is 6.61 Å². The van der Waals surface area contributed by atoms with E-state index in [9.17, 15) is 4.79 Å². The van der Waals surface area contributed by atoms with Crippen molar-refractivity contribution in [3.05, 3.63) is 0 Å². The first kappa shape index (κ1) is 13.4. The Labute approximate surface area is 84.9 Å². The number of hydrogen-bond acceptors (Lipinski definition) is 4. The lowest BCUT2D eigenvalue weighted by molar-refractivity contribution is -0.155. The maximum Gasteiger partial charge on any atom is 0.311 e. The van der Waals surface area contributed by atoms with E-state index in [1.807, 2.05) is 13.8 Å². The molecule has 0 aromatic heterocycles. The molecule has 4 heteroatoms. The molecule has 0 fully saturated rings. The highest BCUT2D eigenvalue weighted by Gasteiger charge is 2.28. The zero-order valence-electron chi connectivity index (χ0n) is 8.95. The second-order valence-corrected chi connectivity index (χ2v) is 3.92. The monoisotopic (exact) mass is 204 g/mol. The minimum atomic E-state index is -0.523. The average Bonchev–Trinajstić information content (AvgIpc) is 2.14. The quantitative estimate of drug-likeness (QED) is 0.473. The van der Waals surface area contributed by atoms with Gasteiger partial charge in [0.25, 0.3) is 0 Å². The first-order valence-electron chi connectivity index (χ1n) is 4.93. The average molecular weight is 204 g/mol. The molecule has 0 heterocycles. The summed E-state index contributed by atoms with van der Waals surface area (Å²) in [5, 5.41) is 17.1.